The molecule has 5 rings (SSSR count). The van der Waals surface area contributed by atoms with Gasteiger partial charge in [0, 0.05) is 24.9 Å². The van der Waals surface area contributed by atoms with Gasteiger partial charge in [0.25, 0.3) is 0 Å². The third-order valence-electron chi connectivity index (χ3n) is 6.16. The van der Waals surface area contributed by atoms with Gasteiger partial charge in [0.15, 0.2) is 0 Å². The van der Waals surface area contributed by atoms with Crippen molar-refractivity contribution in [3.05, 3.63) is 35.9 Å². The van der Waals surface area contributed by atoms with Gasteiger partial charge in [-0.2, -0.15) is 13.2 Å². The molecule has 4 saturated heterocycles. The molecular formula is C19H23F3N2O. The first kappa shape index (κ1) is 16.9. The number of nitrogens with zero attached hydrogens (tertiary/aromatic N) is 2. The Bertz CT molecular complexity index is 625. The number of piperidine rings is 3. The lowest BCUT2D eigenvalue weighted by molar-refractivity contribution is -0.151. The van der Waals surface area contributed by atoms with Crippen molar-refractivity contribution >= 4 is 5.91 Å². The second-order valence-electron chi connectivity index (χ2n) is 7.53. The molecule has 2 bridgehead atoms. The summed E-state index contributed by atoms with van der Waals surface area (Å²) in [6.07, 6.45) is -3.63. The van der Waals surface area contributed by atoms with Crippen molar-refractivity contribution in [3.8, 4) is 0 Å². The van der Waals surface area contributed by atoms with Gasteiger partial charge in [-0.15, -0.1) is 0 Å². The molecule has 3 atom stereocenters. The largest absolute Gasteiger partial charge is 0.389 e. The summed E-state index contributed by atoms with van der Waals surface area (Å²) in [6.45, 7) is 2.63. The highest BCUT2D eigenvalue weighted by atomic mass is 19.4. The smallest absolute Gasteiger partial charge is 0.337 e. The molecule has 1 amide bonds. The first-order valence-electron chi connectivity index (χ1n) is 9.09. The summed E-state index contributed by atoms with van der Waals surface area (Å²) in [7, 11) is 0. The second-order valence-corrected chi connectivity index (χ2v) is 7.53. The van der Waals surface area contributed by atoms with Crippen molar-refractivity contribution in [2.45, 2.75) is 49.9 Å². The van der Waals surface area contributed by atoms with Crippen LogP contribution in [0.25, 0.3) is 0 Å². The van der Waals surface area contributed by atoms with E-state index in [1.165, 1.54) is 5.56 Å². The molecule has 136 valence electrons. The Morgan fingerprint density at radius 3 is 2.40 bits per heavy atom. The molecule has 0 unspecified atom stereocenters. The molecule has 4 heterocycles. The second kappa shape index (κ2) is 6.31. The van der Waals surface area contributed by atoms with Crippen LogP contribution in [0.5, 0.6) is 0 Å². The normalized spacial score (nSPS) is 34.2. The van der Waals surface area contributed by atoms with E-state index >= 15 is 0 Å². The maximum atomic E-state index is 12.6. The van der Waals surface area contributed by atoms with Gasteiger partial charge in [-0.05, 0) is 37.4 Å². The van der Waals surface area contributed by atoms with Crippen LogP contribution in [-0.4, -0.2) is 53.6 Å². The van der Waals surface area contributed by atoms with Crippen molar-refractivity contribution in [1.82, 2.24) is 9.80 Å². The molecule has 3 nitrogen and oxygen atoms in total. The Hall–Kier alpha value is -1.56. The minimum Gasteiger partial charge on any atom is -0.337 e. The summed E-state index contributed by atoms with van der Waals surface area (Å²) < 4.78 is 37.6. The van der Waals surface area contributed by atoms with Crippen LogP contribution < -0.4 is 0 Å². The van der Waals surface area contributed by atoms with Crippen molar-refractivity contribution < 1.29 is 18.0 Å². The third-order valence-corrected chi connectivity index (χ3v) is 6.16. The molecule has 0 aromatic heterocycles. The van der Waals surface area contributed by atoms with Crippen molar-refractivity contribution in [1.29, 1.82) is 0 Å². The monoisotopic (exact) mass is 352 g/mol. The lowest BCUT2D eigenvalue weighted by atomic mass is 9.75. The van der Waals surface area contributed by atoms with Gasteiger partial charge >= 0.3 is 6.18 Å². The van der Waals surface area contributed by atoms with E-state index in [1.807, 2.05) is 18.2 Å². The molecule has 1 aromatic carbocycles. The van der Waals surface area contributed by atoms with Crippen LogP contribution >= 0.6 is 0 Å². The van der Waals surface area contributed by atoms with Crippen molar-refractivity contribution in [2.75, 3.05) is 19.6 Å². The highest BCUT2D eigenvalue weighted by Crippen LogP contribution is 2.46. The van der Waals surface area contributed by atoms with Gasteiger partial charge < -0.3 is 4.90 Å². The molecule has 25 heavy (non-hydrogen) atoms. The van der Waals surface area contributed by atoms with Gasteiger partial charge in [-0.1, -0.05) is 30.3 Å². The van der Waals surface area contributed by atoms with Crippen LogP contribution in [0.2, 0.25) is 0 Å². The first-order valence-corrected chi connectivity index (χ1v) is 9.09. The summed E-state index contributed by atoms with van der Waals surface area (Å²) in [5.74, 6) is 0.294. The molecule has 1 aromatic rings. The molecular weight excluding hydrogens is 329 g/mol. The van der Waals surface area contributed by atoms with E-state index in [2.05, 4.69) is 17.0 Å². The molecule has 0 aliphatic carbocycles. The Morgan fingerprint density at radius 1 is 1.08 bits per heavy atom. The highest BCUT2D eigenvalue weighted by Gasteiger charge is 2.54. The average molecular weight is 352 g/mol. The molecule has 0 N–H and O–H groups in total. The number of rotatable bonds is 3. The van der Waals surface area contributed by atoms with Gasteiger partial charge in [-0.3, -0.25) is 9.69 Å². The summed E-state index contributed by atoms with van der Waals surface area (Å²) in [6, 6.07) is 10.4. The SMILES string of the molecule is O=C(CCC(F)(F)F)N1C[C@@H](c2ccccc2)[C@@H]2[C@H]1C1CCN2CC1. The Balaban J connectivity index is 1.59. The highest BCUT2D eigenvalue weighted by molar-refractivity contribution is 5.77. The van der Waals surface area contributed by atoms with Crippen LogP contribution in [0.3, 0.4) is 0 Å². The number of hydrogen-bond acceptors (Lipinski definition) is 2. The lowest BCUT2D eigenvalue weighted by Gasteiger charge is -2.51. The topological polar surface area (TPSA) is 23.6 Å². The Labute approximate surface area is 145 Å². The zero-order valence-corrected chi connectivity index (χ0v) is 14.1. The average Bonchev–Trinajstić information content (AvgIpc) is 3.04. The minimum atomic E-state index is -4.28. The quantitative estimate of drug-likeness (QED) is 0.832. The fourth-order valence-electron chi connectivity index (χ4n) is 5.09. The predicted molar refractivity (Wildman–Crippen MR) is 88.1 cm³/mol. The number of carbonyl (C=O) groups excluding carboxylic acids is 1. The zero-order valence-electron chi connectivity index (χ0n) is 14.1. The number of likely N-dealkylation sites (tertiary alicyclic amines) is 1. The van der Waals surface area contributed by atoms with E-state index in [-0.39, 0.29) is 23.9 Å². The van der Waals surface area contributed by atoms with E-state index < -0.39 is 19.0 Å². The van der Waals surface area contributed by atoms with Gasteiger partial charge in [-0.25, -0.2) is 0 Å². The van der Waals surface area contributed by atoms with Crippen LogP contribution in [0.15, 0.2) is 30.3 Å². The minimum absolute atomic E-state index is 0.0773. The molecule has 6 heteroatoms. The maximum absolute atomic E-state index is 12.6. The summed E-state index contributed by atoms with van der Waals surface area (Å²) in [4.78, 5) is 16.8. The van der Waals surface area contributed by atoms with Gasteiger partial charge in [0.2, 0.25) is 5.91 Å². The fourth-order valence-corrected chi connectivity index (χ4v) is 5.09. The zero-order chi connectivity index (χ0) is 17.6. The number of hydrogen-bond donors (Lipinski definition) is 0. The van der Waals surface area contributed by atoms with E-state index in [0.717, 1.165) is 25.9 Å². The standard InChI is InChI=1S/C19H23F3N2O/c20-19(21,22)9-6-16(25)24-12-15(13-4-2-1-3-5-13)18-17(24)14-7-10-23(18)11-8-14/h1-5,14-15,17-18H,6-12H2/t15-,17+,18+/m0/s1. The third kappa shape index (κ3) is 3.16. The predicted octanol–water partition coefficient (Wildman–Crippen LogP) is 3.42. The number of carbonyl (C=O) groups is 1. The molecule has 4 aliphatic heterocycles. The number of fused-ring (bicyclic) bond motifs is 2. The van der Waals surface area contributed by atoms with Crippen LogP contribution in [0.4, 0.5) is 13.2 Å². The first-order chi connectivity index (χ1) is 11.9. The fraction of sp³-hybridized carbons (Fsp3) is 0.632. The molecule has 0 radical (unpaired) electrons. The van der Waals surface area contributed by atoms with Crippen LogP contribution in [0.1, 0.15) is 37.2 Å². The van der Waals surface area contributed by atoms with Gasteiger partial charge in [0.1, 0.15) is 0 Å². The van der Waals surface area contributed by atoms with Crippen LogP contribution in [-0.2, 0) is 4.79 Å². The molecule has 0 saturated carbocycles. The van der Waals surface area contributed by atoms with Gasteiger partial charge in [0.05, 0.1) is 12.5 Å². The summed E-state index contributed by atoms with van der Waals surface area (Å²) >= 11 is 0. The number of halogens is 3. The number of alkyl halides is 3. The van der Waals surface area contributed by atoms with E-state index in [0.29, 0.717) is 12.5 Å². The van der Waals surface area contributed by atoms with Crippen molar-refractivity contribution in [3.63, 3.8) is 0 Å². The Kier molecular flexibility index (Phi) is 4.26. The summed E-state index contributed by atoms with van der Waals surface area (Å²) in [5, 5.41) is 0. The maximum Gasteiger partial charge on any atom is 0.389 e. The molecule has 0 spiro atoms. The number of benzene rings is 1. The molecule has 4 aliphatic rings. The van der Waals surface area contributed by atoms with Crippen molar-refractivity contribution in [2.24, 2.45) is 5.92 Å². The number of amides is 1. The summed E-state index contributed by atoms with van der Waals surface area (Å²) in [5.41, 5.74) is 1.19. The lowest BCUT2D eigenvalue weighted by Crippen LogP contribution is -2.60. The molecule has 4 fully saturated rings. The Morgan fingerprint density at radius 2 is 1.76 bits per heavy atom. The van der Waals surface area contributed by atoms with E-state index in [9.17, 15) is 18.0 Å². The van der Waals surface area contributed by atoms with E-state index in [4.69, 9.17) is 0 Å². The van der Waals surface area contributed by atoms with E-state index in [1.54, 1.807) is 4.90 Å². The van der Waals surface area contributed by atoms with Crippen LogP contribution in [0, 0.1) is 5.92 Å².